The van der Waals surface area contributed by atoms with E-state index in [0.29, 0.717) is 11.0 Å². The van der Waals surface area contributed by atoms with E-state index in [4.69, 9.17) is 18.0 Å². The minimum absolute atomic E-state index is 0.442. The molecule has 0 heterocycles. The van der Waals surface area contributed by atoms with Gasteiger partial charge in [0.25, 0.3) is 0 Å². The Labute approximate surface area is 86.9 Å². The van der Waals surface area contributed by atoms with Gasteiger partial charge in [-0.1, -0.05) is 12.2 Å². The van der Waals surface area contributed by atoms with Crippen molar-refractivity contribution in [3.63, 3.8) is 0 Å². The molecule has 0 fully saturated rings. The molecule has 78 valence electrons. The molecule has 2 N–H and O–H groups in total. The van der Waals surface area contributed by atoms with Gasteiger partial charge in [-0.25, -0.2) is 0 Å². The first-order valence-corrected chi connectivity index (χ1v) is 4.97. The van der Waals surface area contributed by atoms with Crippen LogP contribution in [0.2, 0.25) is 0 Å². The van der Waals surface area contributed by atoms with Crippen molar-refractivity contribution < 1.29 is 0 Å². The molecule has 1 unspecified atom stereocenters. The molecule has 4 heteroatoms. The summed E-state index contributed by atoms with van der Waals surface area (Å²) in [5, 5.41) is 0. The topological polar surface area (TPSA) is 32.5 Å². The van der Waals surface area contributed by atoms with Crippen molar-refractivity contribution in [2.24, 2.45) is 5.73 Å². The lowest BCUT2D eigenvalue weighted by molar-refractivity contribution is 0.233. The zero-order valence-corrected chi connectivity index (χ0v) is 9.90. The van der Waals surface area contributed by atoms with Crippen LogP contribution < -0.4 is 5.73 Å². The van der Waals surface area contributed by atoms with Crippen LogP contribution in [-0.2, 0) is 0 Å². The summed E-state index contributed by atoms with van der Waals surface area (Å²) >= 11 is 4.87. The summed E-state index contributed by atoms with van der Waals surface area (Å²) in [6.07, 6.45) is 0.805. The van der Waals surface area contributed by atoms with Gasteiger partial charge in [0.2, 0.25) is 0 Å². The molecule has 0 amide bonds. The van der Waals surface area contributed by atoms with Crippen molar-refractivity contribution in [3.05, 3.63) is 0 Å². The zero-order valence-electron chi connectivity index (χ0n) is 9.08. The van der Waals surface area contributed by atoms with Crippen molar-refractivity contribution in [2.45, 2.75) is 19.4 Å². The number of nitrogens with two attached hydrogens (primary N) is 1. The average molecular weight is 203 g/mol. The summed E-state index contributed by atoms with van der Waals surface area (Å²) in [5.74, 6) is 0. The lowest BCUT2D eigenvalue weighted by Gasteiger charge is -2.25. The molecule has 0 aliphatic carbocycles. The van der Waals surface area contributed by atoms with Gasteiger partial charge in [-0.15, -0.1) is 0 Å². The van der Waals surface area contributed by atoms with Crippen LogP contribution in [0.25, 0.3) is 0 Å². The van der Waals surface area contributed by atoms with E-state index in [-0.39, 0.29) is 0 Å². The molecule has 0 radical (unpaired) electrons. The molecule has 0 saturated carbocycles. The van der Waals surface area contributed by atoms with Crippen LogP contribution in [0.5, 0.6) is 0 Å². The molecule has 0 rings (SSSR count). The Morgan fingerprint density at radius 1 is 1.31 bits per heavy atom. The molecule has 0 aliphatic heterocycles. The number of rotatable bonds is 6. The second kappa shape index (κ2) is 6.29. The van der Waals surface area contributed by atoms with E-state index in [0.717, 1.165) is 19.5 Å². The molecule has 1 atom stereocenters. The SMILES string of the molecule is CC(CC(N)=S)N(C)CCN(C)C. The van der Waals surface area contributed by atoms with Crippen LogP contribution in [0, 0.1) is 0 Å². The molecule has 3 nitrogen and oxygen atoms in total. The first-order valence-electron chi connectivity index (χ1n) is 4.56. The maximum Gasteiger partial charge on any atom is 0.0742 e. The van der Waals surface area contributed by atoms with E-state index in [1.165, 1.54) is 0 Å². The minimum Gasteiger partial charge on any atom is -0.393 e. The molecule has 0 saturated heterocycles. The monoisotopic (exact) mass is 203 g/mol. The van der Waals surface area contributed by atoms with Crippen molar-refractivity contribution in [3.8, 4) is 0 Å². The summed E-state index contributed by atoms with van der Waals surface area (Å²) in [5.41, 5.74) is 5.48. The number of hydrogen-bond donors (Lipinski definition) is 1. The molecule has 0 aliphatic rings. The van der Waals surface area contributed by atoms with E-state index < -0.39 is 0 Å². The number of nitrogens with zero attached hydrogens (tertiary/aromatic N) is 2. The van der Waals surface area contributed by atoms with Crippen LogP contribution in [0.15, 0.2) is 0 Å². The summed E-state index contributed by atoms with van der Waals surface area (Å²) in [6, 6.07) is 0.442. The number of likely N-dealkylation sites (N-methyl/N-ethyl adjacent to an activating group) is 2. The molecular weight excluding hydrogens is 182 g/mol. The Kier molecular flexibility index (Phi) is 6.20. The Hall–Kier alpha value is -0.190. The lowest BCUT2D eigenvalue weighted by atomic mass is 10.2. The summed E-state index contributed by atoms with van der Waals surface area (Å²) < 4.78 is 0. The second-order valence-electron chi connectivity index (χ2n) is 3.80. The van der Waals surface area contributed by atoms with Gasteiger partial charge in [0.1, 0.15) is 0 Å². The highest BCUT2D eigenvalue weighted by Gasteiger charge is 2.09. The summed E-state index contributed by atoms with van der Waals surface area (Å²) in [6.45, 7) is 4.27. The minimum atomic E-state index is 0.442. The predicted octanol–water partition coefficient (Wildman–Crippen LogP) is 0.544. The van der Waals surface area contributed by atoms with Crippen LogP contribution in [-0.4, -0.2) is 55.1 Å². The van der Waals surface area contributed by atoms with Gasteiger partial charge in [0.15, 0.2) is 0 Å². The van der Waals surface area contributed by atoms with E-state index in [9.17, 15) is 0 Å². The quantitative estimate of drug-likeness (QED) is 0.639. The van der Waals surface area contributed by atoms with Crippen molar-refractivity contribution in [1.82, 2.24) is 9.80 Å². The van der Waals surface area contributed by atoms with Gasteiger partial charge in [-0.2, -0.15) is 0 Å². The van der Waals surface area contributed by atoms with Crippen LogP contribution in [0.1, 0.15) is 13.3 Å². The first-order chi connectivity index (χ1) is 5.93. The molecule has 0 spiro atoms. The summed E-state index contributed by atoms with van der Waals surface area (Å²) in [7, 11) is 6.25. The Balaban J connectivity index is 3.68. The van der Waals surface area contributed by atoms with E-state index in [1.54, 1.807) is 0 Å². The van der Waals surface area contributed by atoms with Gasteiger partial charge in [0.05, 0.1) is 4.99 Å². The van der Waals surface area contributed by atoms with Gasteiger partial charge in [0, 0.05) is 25.6 Å². The Bertz CT molecular complexity index is 159. The highest BCUT2D eigenvalue weighted by Crippen LogP contribution is 2.00. The van der Waals surface area contributed by atoms with Crippen molar-refractivity contribution in [1.29, 1.82) is 0 Å². The highest BCUT2D eigenvalue weighted by atomic mass is 32.1. The van der Waals surface area contributed by atoms with E-state index in [2.05, 4.69) is 37.9 Å². The highest BCUT2D eigenvalue weighted by molar-refractivity contribution is 7.80. The fraction of sp³-hybridized carbons (Fsp3) is 0.889. The molecular formula is C9H21N3S. The smallest absolute Gasteiger partial charge is 0.0742 e. The van der Waals surface area contributed by atoms with Crippen molar-refractivity contribution >= 4 is 17.2 Å². The fourth-order valence-electron chi connectivity index (χ4n) is 1.03. The van der Waals surface area contributed by atoms with Crippen LogP contribution >= 0.6 is 12.2 Å². The largest absolute Gasteiger partial charge is 0.393 e. The third-order valence-electron chi connectivity index (χ3n) is 2.15. The molecule has 0 aromatic carbocycles. The fourth-order valence-corrected chi connectivity index (χ4v) is 1.27. The van der Waals surface area contributed by atoms with Crippen molar-refractivity contribution in [2.75, 3.05) is 34.2 Å². The Morgan fingerprint density at radius 2 is 1.85 bits per heavy atom. The third kappa shape index (κ3) is 6.93. The number of thiocarbonyl (C=S) groups is 1. The maximum absolute atomic E-state index is 5.48. The van der Waals surface area contributed by atoms with Gasteiger partial charge < -0.3 is 15.5 Å². The van der Waals surface area contributed by atoms with Crippen LogP contribution in [0.4, 0.5) is 0 Å². The first kappa shape index (κ1) is 12.8. The third-order valence-corrected chi connectivity index (χ3v) is 2.32. The maximum atomic E-state index is 5.48. The molecule has 0 bridgehead atoms. The normalized spacial score (nSPS) is 13.7. The lowest BCUT2D eigenvalue weighted by Crippen LogP contribution is -2.37. The number of hydrogen-bond acceptors (Lipinski definition) is 3. The van der Waals surface area contributed by atoms with E-state index in [1.807, 2.05) is 0 Å². The second-order valence-corrected chi connectivity index (χ2v) is 4.33. The Morgan fingerprint density at radius 3 is 2.23 bits per heavy atom. The molecule has 0 aromatic rings. The zero-order chi connectivity index (χ0) is 10.4. The van der Waals surface area contributed by atoms with Crippen LogP contribution in [0.3, 0.4) is 0 Å². The van der Waals surface area contributed by atoms with Gasteiger partial charge >= 0.3 is 0 Å². The average Bonchev–Trinajstić information content (AvgIpc) is 1.98. The van der Waals surface area contributed by atoms with E-state index >= 15 is 0 Å². The standard InChI is InChI=1S/C9H21N3S/c1-8(7-9(10)13)12(4)6-5-11(2)3/h8H,5-7H2,1-4H3,(H2,10,13). The van der Waals surface area contributed by atoms with Gasteiger partial charge in [-0.05, 0) is 28.1 Å². The molecule has 13 heavy (non-hydrogen) atoms. The van der Waals surface area contributed by atoms with Gasteiger partial charge in [-0.3, -0.25) is 0 Å². The predicted molar refractivity (Wildman–Crippen MR) is 62.0 cm³/mol. The summed E-state index contributed by atoms with van der Waals surface area (Å²) in [4.78, 5) is 5.05. The molecule has 0 aromatic heterocycles.